The summed E-state index contributed by atoms with van der Waals surface area (Å²) in [5, 5.41) is 2.98. The molecule has 0 saturated carbocycles. The highest BCUT2D eigenvalue weighted by Crippen LogP contribution is 2.39. The van der Waals surface area contributed by atoms with Crippen LogP contribution < -0.4 is 5.32 Å². The number of aryl methyl sites for hydroxylation is 2. The molecule has 1 atom stereocenters. The zero-order chi connectivity index (χ0) is 14.8. The van der Waals surface area contributed by atoms with Crippen LogP contribution >= 0.6 is 11.3 Å². The Hall–Kier alpha value is -1.65. The quantitative estimate of drug-likeness (QED) is 0.941. The summed E-state index contributed by atoms with van der Waals surface area (Å²) in [7, 11) is 1.64. The van der Waals surface area contributed by atoms with Crippen molar-refractivity contribution >= 4 is 17.2 Å². The third-order valence-electron chi connectivity index (χ3n) is 3.75. The van der Waals surface area contributed by atoms with Crippen molar-refractivity contribution in [1.82, 2.24) is 5.32 Å². The van der Waals surface area contributed by atoms with Crippen LogP contribution in [-0.4, -0.2) is 25.7 Å². The zero-order valence-corrected chi connectivity index (χ0v) is 13.1. The molecule has 0 unspecified atom stereocenters. The Labute approximate surface area is 129 Å². The molecule has 1 aromatic heterocycles. The van der Waals surface area contributed by atoms with Crippen molar-refractivity contribution in [1.29, 1.82) is 0 Å². The zero-order valence-electron chi connectivity index (χ0n) is 12.3. The predicted octanol–water partition coefficient (Wildman–Crippen LogP) is 3.28. The molecule has 1 heterocycles. The lowest BCUT2D eigenvalue weighted by molar-refractivity contribution is 0.0909. The predicted molar refractivity (Wildman–Crippen MR) is 86.0 cm³/mol. The molecule has 2 aromatic rings. The normalized spacial score (nSPS) is 14.2. The molecule has 1 aromatic carbocycles. The van der Waals surface area contributed by atoms with Gasteiger partial charge in [0.25, 0.3) is 5.91 Å². The molecule has 1 N–H and O–H groups in total. The molecule has 0 saturated heterocycles. The number of ether oxygens (including phenoxy) is 1. The lowest BCUT2D eigenvalue weighted by Crippen LogP contribution is -2.35. The van der Waals surface area contributed by atoms with Gasteiger partial charge in [-0.1, -0.05) is 24.3 Å². The SMILES string of the molecule is COC[C@@H](C)NC(=O)c1cc2c(s1)-c1ccccc1CC2. The number of rotatable bonds is 4. The van der Waals surface area contributed by atoms with Gasteiger partial charge in [0.1, 0.15) is 0 Å². The van der Waals surface area contributed by atoms with Crippen molar-refractivity contribution in [2.45, 2.75) is 25.8 Å². The average molecular weight is 301 g/mol. The summed E-state index contributed by atoms with van der Waals surface area (Å²) >= 11 is 1.59. The Balaban J connectivity index is 1.85. The minimum Gasteiger partial charge on any atom is -0.383 e. The van der Waals surface area contributed by atoms with Crippen LogP contribution in [0.4, 0.5) is 0 Å². The van der Waals surface area contributed by atoms with E-state index < -0.39 is 0 Å². The van der Waals surface area contributed by atoms with E-state index in [1.54, 1.807) is 18.4 Å². The first-order valence-corrected chi connectivity index (χ1v) is 8.01. The fraction of sp³-hybridized carbons (Fsp3) is 0.353. The summed E-state index contributed by atoms with van der Waals surface area (Å²) in [6.07, 6.45) is 2.07. The van der Waals surface area contributed by atoms with Gasteiger partial charge in [-0.2, -0.15) is 0 Å². The maximum Gasteiger partial charge on any atom is 0.261 e. The van der Waals surface area contributed by atoms with Crippen LogP contribution in [0.3, 0.4) is 0 Å². The number of hydrogen-bond acceptors (Lipinski definition) is 3. The second-order valence-electron chi connectivity index (χ2n) is 5.45. The van der Waals surface area contributed by atoms with E-state index in [0.717, 1.165) is 17.7 Å². The van der Waals surface area contributed by atoms with Crippen molar-refractivity contribution in [2.75, 3.05) is 13.7 Å². The second-order valence-corrected chi connectivity index (χ2v) is 6.50. The second kappa shape index (κ2) is 6.00. The summed E-state index contributed by atoms with van der Waals surface area (Å²) in [5.41, 5.74) is 3.96. The van der Waals surface area contributed by atoms with Crippen molar-refractivity contribution in [3.8, 4) is 10.4 Å². The van der Waals surface area contributed by atoms with Gasteiger partial charge >= 0.3 is 0 Å². The molecule has 0 aliphatic heterocycles. The van der Waals surface area contributed by atoms with Gasteiger partial charge in [0.05, 0.1) is 11.5 Å². The molecule has 0 spiro atoms. The number of methoxy groups -OCH3 is 1. The molecule has 1 aliphatic carbocycles. The summed E-state index contributed by atoms with van der Waals surface area (Å²) < 4.78 is 5.06. The molecule has 0 radical (unpaired) electrons. The first-order valence-electron chi connectivity index (χ1n) is 7.20. The molecule has 0 bridgehead atoms. The highest BCUT2D eigenvalue weighted by molar-refractivity contribution is 7.17. The fourth-order valence-electron chi connectivity index (χ4n) is 2.77. The number of hydrogen-bond donors (Lipinski definition) is 1. The van der Waals surface area contributed by atoms with Gasteiger partial charge in [0.15, 0.2) is 0 Å². The Bertz CT molecular complexity index is 663. The molecular formula is C17H19NO2S. The fourth-order valence-corrected chi connectivity index (χ4v) is 3.94. The van der Waals surface area contributed by atoms with Crippen LogP contribution in [0.5, 0.6) is 0 Å². The van der Waals surface area contributed by atoms with Crippen LogP contribution in [-0.2, 0) is 17.6 Å². The molecule has 3 nitrogen and oxygen atoms in total. The Kier molecular flexibility index (Phi) is 4.08. The molecule has 21 heavy (non-hydrogen) atoms. The van der Waals surface area contributed by atoms with E-state index in [1.807, 2.05) is 13.0 Å². The molecule has 1 amide bonds. The van der Waals surface area contributed by atoms with Gasteiger partial charge in [-0.25, -0.2) is 0 Å². The van der Waals surface area contributed by atoms with Crippen molar-refractivity contribution in [3.63, 3.8) is 0 Å². The summed E-state index contributed by atoms with van der Waals surface area (Å²) in [4.78, 5) is 14.3. The van der Waals surface area contributed by atoms with Gasteiger partial charge < -0.3 is 10.1 Å². The topological polar surface area (TPSA) is 38.3 Å². The Morgan fingerprint density at radius 3 is 2.90 bits per heavy atom. The number of carbonyl (C=O) groups excluding carboxylic acids is 1. The number of carbonyl (C=O) groups is 1. The lowest BCUT2D eigenvalue weighted by Gasteiger charge is -2.15. The monoisotopic (exact) mass is 301 g/mol. The highest BCUT2D eigenvalue weighted by atomic mass is 32.1. The van der Waals surface area contributed by atoms with Crippen LogP contribution in [0.25, 0.3) is 10.4 Å². The van der Waals surface area contributed by atoms with Crippen molar-refractivity contribution < 1.29 is 9.53 Å². The van der Waals surface area contributed by atoms with Crippen molar-refractivity contribution in [2.24, 2.45) is 0 Å². The number of nitrogens with one attached hydrogen (secondary N) is 1. The van der Waals surface area contributed by atoms with E-state index in [9.17, 15) is 4.79 Å². The highest BCUT2D eigenvalue weighted by Gasteiger charge is 2.21. The smallest absolute Gasteiger partial charge is 0.261 e. The number of amides is 1. The third kappa shape index (κ3) is 2.87. The minimum atomic E-state index is -0.00330. The minimum absolute atomic E-state index is 0.00330. The summed E-state index contributed by atoms with van der Waals surface area (Å²) in [6.45, 7) is 2.48. The third-order valence-corrected chi connectivity index (χ3v) is 4.96. The van der Waals surface area contributed by atoms with E-state index in [-0.39, 0.29) is 11.9 Å². The van der Waals surface area contributed by atoms with Gasteiger partial charge in [0.2, 0.25) is 0 Å². The van der Waals surface area contributed by atoms with Crippen LogP contribution in [0.2, 0.25) is 0 Å². The lowest BCUT2D eigenvalue weighted by atomic mass is 9.91. The van der Waals surface area contributed by atoms with Crippen LogP contribution in [0.1, 0.15) is 27.7 Å². The van der Waals surface area contributed by atoms with Gasteiger partial charge in [-0.3, -0.25) is 4.79 Å². The maximum absolute atomic E-state index is 12.3. The molecular weight excluding hydrogens is 282 g/mol. The molecule has 0 fully saturated rings. The number of thiophene rings is 1. The molecule has 4 heteroatoms. The summed E-state index contributed by atoms with van der Waals surface area (Å²) in [6, 6.07) is 10.5. The molecule has 3 rings (SSSR count). The van der Waals surface area contributed by atoms with E-state index in [4.69, 9.17) is 4.74 Å². The van der Waals surface area contributed by atoms with Gasteiger partial charge in [-0.15, -0.1) is 11.3 Å². The maximum atomic E-state index is 12.3. The Morgan fingerprint density at radius 2 is 2.10 bits per heavy atom. The largest absolute Gasteiger partial charge is 0.383 e. The first kappa shape index (κ1) is 14.3. The number of fused-ring (bicyclic) bond motifs is 3. The van der Waals surface area contributed by atoms with E-state index in [2.05, 4.69) is 29.6 Å². The van der Waals surface area contributed by atoms with E-state index in [1.165, 1.54) is 21.6 Å². The van der Waals surface area contributed by atoms with Crippen LogP contribution in [0, 0.1) is 0 Å². The van der Waals surface area contributed by atoms with E-state index in [0.29, 0.717) is 6.61 Å². The van der Waals surface area contributed by atoms with Gasteiger partial charge in [0, 0.05) is 18.0 Å². The average Bonchev–Trinajstić information content (AvgIpc) is 2.92. The standard InChI is InChI=1S/C17H19NO2S/c1-11(10-20-2)18-17(19)15-9-13-8-7-12-5-3-4-6-14(12)16(13)21-15/h3-6,9,11H,7-8,10H2,1-2H3,(H,18,19)/t11-/m1/s1. The molecule has 110 valence electrons. The Morgan fingerprint density at radius 1 is 1.33 bits per heavy atom. The molecule has 1 aliphatic rings. The van der Waals surface area contributed by atoms with Crippen LogP contribution in [0.15, 0.2) is 30.3 Å². The van der Waals surface area contributed by atoms with E-state index >= 15 is 0 Å². The summed E-state index contributed by atoms with van der Waals surface area (Å²) in [5.74, 6) is -0.00330. The first-order chi connectivity index (χ1) is 10.2. The number of benzene rings is 1. The van der Waals surface area contributed by atoms with Gasteiger partial charge in [-0.05, 0) is 42.5 Å². The van der Waals surface area contributed by atoms with Crippen molar-refractivity contribution in [3.05, 3.63) is 46.3 Å².